The van der Waals surface area contributed by atoms with Crippen LogP contribution in [0.4, 0.5) is 32.0 Å². The number of rotatable bonds is 8. The van der Waals surface area contributed by atoms with E-state index in [1.165, 1.54) is 24.3 Å². The van der Waals surface area contributed by atoms with Crippen molar-refractivity contribution in [3.8, 4) is 11.5 Å². The molecule has 0 aliphatic carbocycles. The molecule has 1 saturated heterocycles. The van der Waals surface area contributed by atoms with Crippen LogP contribution in [0.2, 0.25) is 0 Å². The van der Waals surface area contributed by atoms with Crippen molar-refractivity contribution in [2.24, 2.45) is 0 Å². The summed E-state index contributed by atoms with van der Waals surface area (Å²) in [6.07, 6.45) is -15.5. The molecule has 1 aliphatic rings. The van der Waals surface area contributed by atoms with Crippen molar-refractivity contribution < 1.29 is 50.1 Å². The van der Waals surface area contributed by atoms with Crippen molar-refractivity contribution in [3.05, 3.63) is 54.1 Å². The molecule has 0 saturated carbocycles. The van der Waals surface area contributed by atoms with E-state index in [1.54, 1.807) is 4.90 Å². The number of carbonyl (C=O) groups is 2. The number of morpholine rings is 1. The Labute approximate surface area is 195 Å². The Morgan fingerprint density at radius 3 is 2.09 bits per heavy atom. The molecule has 1 heterocycles. The molecule has 1 N–H and O–H groups in total. The summed E-state index contributed by atoms with van der Waals surface area (Å²) in [6, 6.07) is 9.73. The summed E-state index contributed by atoms with van der Waals surface area (Å²) in [5, 5.41) is 2.53. The number of anilines is 1. The van der Waals surface area contributed by atoms with Gasteiger partial charge in [-0.3, -0.25) is 9.59 Å². The first-order valence-corrected chi connectivity index (χ1v) is 10.2. The molecule has 0 radical (unpaired) electrons. The zero-order valence-corrected chi connectivity index (χ0v) is 18.0. The van der Waals surface area contributed by atoms with Crippen LogP contribution in [0, 0.1) is 0 Å². The minimum atomic E-state index is -5.80. The van der Waals surface area contributed by atoms with Crippen LogP contribution in [0.15, 0.2) is 48.5 Å². The van der Waals surface area contributed by atoms with Gasteiger partial charge in [0.1, 0.15) is 11.5 Å². The zero-order chi connectivity index (χ0) is 25.6. The lowest BCUT2D eigenvalue weighted by Gasteiger charge is -2.26. The lowest BCUT2D eigenvalue weighted by atomic mass is 10.2. The summed E-state index contributed by atoms with van der Waals surface area (Å²) in [4.78, 5) is 26.0. The standard InChI is InChI=1S/C22H20F6N2O5/c23-20(21(24,25)26)22(27,28)35-17-5-1-14(2-6-17)19(32)29-15-3-7-16(8-4-15)34-13-18(31)30-9-11-33-12-10-30/h1-8,20H,9-13H2,(H,29,32). The second-order valence-electron chi connectivity index (χ2n) is 7.35. The SMILES string of the molecule is O=C(Nc1ccc(OCC(=O)N2CCOCC2)cc1)c1ccc(OC(F)(F)C(F)C(F)(F)F)cc1. The Bertz CT molecular complexity index is 1010. The summed E-state index contributed by atoms with van der Waals surface area (Å²) in [6.45, 7) is 1.77. The molecule has 3 rings (SSSR count). The van der Waals surface area contributed by atoms with Crippen molar-refractivity contribution in [3.63, 3.8) is 0 Å². The van der Waals surface area contributed by atoms with Crippen molar-refractivity contribution >= 4 is 17.5 Å². The van der Waals surface area contributed by atoms with Crippen LogP contribution in [0.3, 0.4) is 0 Å². The van der Waals surface area contributed by atoms with Gasteiger partial charge in [-0.1, -0.05) is 0 Å². The number of nitrogens with zero attached hydrogens (tertiary/aromatic N) is 1. The lowest BCUT2D eigenvalue weighted by molar-refractivity contribution is -0.304. The first-order valence-electron chi connectivity index (χ1n) is 10.2. The predicted octanol–water partition coefficient (Wildman–Crippen LogP) is 4.05. The van der Waals surface area contributed by atoms with Gasteiger partial charge in [-0.25, -0.2) is 4.39 Å². The molecule has 7 nitrogen and oxygen atoms in total. The monoisotopic (exact) mass is 506 g/mol. The fourth-order valence-corrected chi connectivity index (χ4v) is 2.96. The molecule has 0 spiro atoms. The van der Waals surface area contributed by atoms with Crippen LogP contribution in [0.25, 0.3) is 0 Å². The lowest BCUT2D eigenvalue weighted by Crippen LogP contribution is -2.45. The third kappa shape index (κ3) is 7.25. The second kappa shape index (κ2) is 10.8. The van der Waals surface area contributed by atoms with Crippen molar-refractivity contribution in [2.45, 2.75) is 18.5 Å². The normalized spacial score (nSPS) is 15.3. The number of benzene rings is 2. The molecule has 190 valence electrons. The van der Waals surface area contributed by atoms with Crippen LogP contribution in [-0.2, 0) is 9.53 Å². The third-order valence-corrected chi connectivity index (χ3v) is 4.79. The van der Waals surface area contributed by atoms with Gasteiger partial charge >= 0.3 is 12.3 Å². The van der Waals surface area contributed by atoms with Gasteiger partial charge in [-0.05, 0) is 48.5 Å². The average Bonchev–Trinajstić information content (AvgIpc) is 2.83. The van der Waals surface area contributed by atoms with Gasteiger partial charge in [-0.15, -0.1) is 0 Å². The number of alkyl halides is 6. The van der Waals surface area contributed by atoms with E-state index in [0.29, 0.717) is 37.7 Å². The van der Waals surface area contributed by atoms with E-state index in [1.807, 2.05) is 0 Å². The van der Waals surface area contributed by atoms with Crippen LogP contribution < -0.4 is 14.8 Å². The summed E-state index contributed by atoms with van der Waals surface area (Å²) < 4.78 is 90.6. The average molecular weight is 506 g/mol. The van der Waals surface area contributed by atoms with Gasteiger partial charge in [0.05, 0.1) is 13.2 Å². The Balaban J connectivity index is 1.51. The van der Waals surface area contributed by atoms with Crippen molar-refractivity contribution in [1.29, 1.82) is 0 Å². The third-order valence-electron chi connectivity index (χ3n) is 4.79. The molecule has 1 unspecified atom stereocenters. The molecule has 1 aliphatic heterocycles. The van der Waals surface area contributed by atoms with Crippen LogP contribution in [-0.4, -0.2) is 68.1 Å². The van der Waals surface area contributed by atoms with Gasteiger partial charge < -0.3 is 24.4 Å². The smallest absolute Gasteiger partial charge is 0.439 e. The molecule has 1 atom stereocenters. The van der Waals surface area contributed by atoms with Crippen LogP contribution in [0.5, 0.6) is 11.5 Å². The topological polar surface area (TPSA) is 77.1 Å². The summed E-state index contributed by atoms with van der Waals surface area (Å²) in [5.41, 5.74) is 0.323. The number of hydrogen-bond donors (Lipinski definition) is 1. The first kappa shape index (κ1) is 26.1. The number of nitrogens with one attached hydrogen (secondary N) is 1. The van der Waals surface area contributed by atoms with Crippen LogP contribution in [0.1, 0.15) is 10.4 Å². The quantitative estimate of drug-likeness (QED) is 0.547. The maximum Gasteiger partial charge on any atom is 0.439 e. The highest BCUT2D eigenvalue weighted by molar-refractivity contribution is 6.04. The molecular formula is C22H20F6N2O5. The number of halogens is 6. The molecule has 0 bridgehead atoms. The number of ether oxygens (including phenoxy) is 3. The van der Waals surface area contributed by atoms with Gasteiger partial charge in [-0.2, -0.15) is 22.0 Å². The molecule has 1 fully saturated rings. The summed E-state index contributed by atoms with van der Waals surface area (Å²) in [5.74, 6) is -1.21. The Morgan fingerprint density at radius 1 is 0.943 bits per heavy atom. The van der Waals surface area contributed by atoms with E-state index < -0.39 is 30.1 Å². The molecule has 0 aromatic heterocycles. The van der Waals surface area contributed by atoms with E-state index in [2.05, 4.69) is 10.1 Å². The van der Waals surface area contributed by atoms with E-state index in [4.69, 9.17) is 9.47 Å². The van der Waals surface area contributed by atoms with Gasteiger partial charge in [0, 0.05) is 24.3 Å². The second-order valence-corrected chi connectivity index (χ2v) is 7.35. The van der Waals surface area contributed by atoms with Gasteiger partial charge in [0.25, 0.3) is 18.0 Å². The largest absolute Gasteiger partial charge is 0.484 e. The van der Waals surface area contributed by atoms with Crippen molar-refractivity contribution in [1.82, 2.24) is 4.90 Å². The molecule has 2 aromatic rings. The van der Waals surface area contributed by atoms with Gasteiger partial charge in [0.15, 0.2) is 6.61 Å². The van der Waals surface area contributed by atoms with E-state index in [-0.39, 0.29) is 18.1 Å². The fourth-order valence-electron chi connectivity index (χ4n) is 2.96. The van der Waals surface area contributed by atoms with E-state index >= 15 is 0 Å². The predicted molar refractivity (Wildman–Crippen MR) is 110 cm³/mol. The van der Waals surface area contributed by atoms with E-state index in [9.17, 15) is 35.9 Å². The minimum Gasteiger partial charge on any atom is -0.484 e. The maximum absolute atomic E-state index is 13.3. The summed E-state index contributed by atoms with van der Waals surface area (Å²) >= 11 is 0. The Hall–Kier alpha value is -3.48. The molecule has 35 heavy (non-hydrogen) atoms. The van der Waals surface area contributed by atoms with Crippen LogP contribution >= 0.6 is 0 Å². The molecular weight excluding hydrogens is 486 g/mol. The highest BCUT2D eigenvalue weighted by atomic mass is 19.4. The Kier molecular flexibility index (Phi) is 8.10. The highest BCUT2D eigenvalue weighted by Gasteiger charge is 2.59. The maximum atomic E-state index is 13.3. The van der Waals surface area contributed by atoms with Gasteiger partial charge in [0.2, 0.25) is 0 Å². The van der Waals surface area contributed by atoms with Crippen molar-refractivity contribution in [2.75, 3.05) is 38.2 Å². The number of carbonyl (C=O) groups excluding carboxylic acids is 2. The zero-order valence-electron chi connectivity index (χ0n) is 18.0. The summed E-state index contributed by atoms with van der Waals surface area (Å²) in [7, 11) is 0. The number of amides is 2. The number of hydrogen-bond acceptors (Lipinski definition) is 5. The molecule has 2 aromatic carbocycles. The highest BCUT2D eigenvalue weighted by Crippen LogP contribution is 2.36. The fraction of sp³-hybridized carbons (Fsp3) is 0.364. The minimum absolute atomic E-state index is 0.0234. The van der Waals surface area contributed by atoms with E-state index in [0.717, 1.165) is 24.3 Å². The Morgan fingerprint density at radius 2 is 1.51 bits per heavy atom. The molecule has 13 heteroatoms. The first-order chi connectivity index (χ1) is 16.5. The molecule has 2 amide bonds.